The fourth-order valence-corrected chi connectivity index (χ4v) is 1.90. The van der Waals surface area contributed by atoms with Crippen LogP contribution in [0.5, 0.6) is 0 Å². The molecule has 1 heterocycles. The Morgan fingerprint density at radius 3 is 2.59 bits per heavy atom. The van der Waals surface area contributed by atoms with E-state index in [1.807, 2.05) is 20.8 Å². The van der Waals surface area contributed by atoms with E-state index >= 15 is 0 Å². The standard InChI is InChI=1S/C12H22N2O3/c1-12(2,3)17-11(16)14-5-4-9(8-14)6-10(15)7-13/h9H,4-8,13H2,1-3H3/t9-/m0/s1. The highest BCUT2D eigenvalue weighted by molar-refractivity contribution is 5.80. The van der Waals surface area contributed by atoms with Crippen LogP contribution in [-0.2, 0) is 9.53 Å². The number of carbonyl (C=O) groups is 2. The maximum absolute atomic E-state index is 11.8. The van der Waals surface area contributed by atoms with E-state index in [-0.39, 0.29) is 24.3 Å². The molecule has 0 bridgehead atoms. The molecule has 0 saturated carbocycles. The van der Waals surface area contributed by atoms with Crippen molar-refractivity contribution in [2.45, 2.75) is 39.2 Å². The number of nitrogens with zero attached hydrogens (tertiary/aromatic N) is 1. The van der Waals surface area contributed by atoms with Crippen LogP contribution < -0.4 is 5.73 Å². The minimum absolute atomic E-state index is 0.0565. The lowest BCUT2D eigenvalue weighted by atomic mass is 10.0. The summed E-state index contributed by atoms with van der Waals surface area (Å²) in [5.74, 6) is 0.291. The van der Waals surface area contributed by atoms with Gasteiger partial charge in [0.25, 0.3) is 0 Å². The number of Topliss-reactive ketones (excluding diaryl/α,β-unsaturated/α-hetero) is 1. The summed E-state index contributed by atoms with van der Waals surface area (Å²) < 4.78 is 5.28. The molecule has 0 aromatic carbocycles. The Labute approximate surface area is 102 Å². The molecule has 0 unspecified atom stereocenters. The molecular formula is C12H22N2O3. The van der Waals surface area contributed by atoms with Crippen LogP contribution in [0.15, 0.2) is 0 Å². The van der Waals surface area contributed by atoms with E-state index < -0.39 is 5.60 Å². The molecule has 2 N–H and O–H groups in total. The van der Waals surface area contributed by atoms with Crippen LogP contribution >= 0.6 is 0 Å². The van der Waals surface area contributed by atoms with Crippen LogP contribution in [0.3, 0.4) is 0 Å². The quantitative estimate of drug-likeness (QED) is 0.806. The first kappa shape index (κ1) is 14.0. The van der Waals surface area contributed by atoms with Crippen molar-refractivity contribution in [1.82, 2.24) is 4.90 Å². The third kappa shape index (κ3) is 4.73. The molecule has 1 rings (SSSR count). The zero-order chi connectivity index (χ0) is 13.1. The highest BCUT2D eigenvalue weighted by Gasteiger charge is 2.30. The van der Waals surface area contributed by atoms with Crippen LogP contribution in [-0.4, -0.2) is 42.0 Å². The molecule has 98 valence electrons. The van der Waals surface area contributed by atoms with Gasteiger partial charge in [-0.2, -0.15) is 0 Å². The molecule has 0 aromatic rings. The van der Waals surface area contributed by atoms with Crippen molar-refractivity contribution in [3.8, 4) is 0 Å². The fraction of sp³-hybridized carbons (Fsp3) is 0.833. The molecule has 0 aliphatic carbocycles. The van der Waals surface area contributed by atoms with Crippen molar-refractivity contribution in [3.63, 3.8) is 0 Å². The number of hydrogen-bond donors (Lipinski definition) is 1. The van der Waals surface area contributed by atoms with Crippen LogP contribution in [0.1, 0.15) is 33.6 Å². The molecule has 0 aromatic heterocycles. The van der Waals surface area contributed by atoms with E-state index in [9.17, 15) is 9.59 Å². The molecule has 1 aliphatic heterocycles. The van der Waals surface area contributed by atoms with E-state index in [0.717, 1.165) is 6.42 Å². The van der Waals surface area contributed by atoms with Gasteiger partial charge in [-0.1, -0.05) is 0 Å². The molecule has 1 aliphatic rings. The van der Waals surface area contributed by atoms with E-state index in [1.165, 1.54) is 0 Å². The molecule has 1 fully saturated rings. The number of amides is 1. The predicted molar refractivity (Wildman–Crippen MR) is 64.6 cm³/mol. The van der Waals surface area contributed by atoms with Gasteiger partial charge in [-0.05, 0) is 33.1 Å². The van der Waals surface area contributed by atoms with Gasteiger partial charge in [0.05, 0.1) is 6.54 Å². The van der Waals surface area contributed by atoms with Crippen molar-refractivity contribution in [1.29, 1.82) is 0 Å². The lowest BCUT2D eigenvalue weighted by molar-refractivity contribution is -0.118. The summed E-state index contributed by atoms with van der Waals surface area (Å²) in [7, 11) is 0. The zero-order valence-electron chi connectivity index (χ0n) is 10.9. The summed E-state index contributed by atoms with van der Waals surface area (Å²) in [6, 6.07) is 0. The van der Waals surface area contributed by atoms with E-state index in [4.69, 9.17) is 10.5 Å². The molecule has 1 atom stereocenters. The summed E-state index contributed by atoms with van der Waals surface area (Å²) in [5.41, 5.74) is 4.80. The van der Waals surface area contributed by atoms with Crippen molar-refractivity contribution >= 4 is 11.9 Å². The third-order valence-corrected chi connectivity index (χ3v) is 2.68. The van der Waals surface area contributed by atoms with E-state index in [2.05, 4.69) is 0 Å². The highest BCUT2D eigenvalue weighted by atomic mass is 16.6. The van der Waals surface area contributed by atoms with E-state index in [1.54, 1.807) is 4.90 Å². The first-order valence-electron chi connectivity index (χ1n) is 6.01. The number of likely N-dealkylation sites (tertiary alicyclic amines) is 1. The Bertz CT molecular complexity index is 297. The van der Waals surface area contributed by atoms with Crippen LogP contribution in [0, 0.1) is 5.92 Å². The number of carbonyl (C=O) groups excluding carboxylic acids is 2. The van der Waals surface area contributed by atoms with Crippen molar-refractivity contribution < 1.29 is 14.3 Å². The molecule has 5 heteroatoms. The van der Waals surface area contributed by atoms with Crippen molar-refractivity contribution in [3.05, 3.63) is 0 Å². The number of hydrogen-bond acceptors (Lipinski definition) is 4. The largest absolute Gasteiger partial charge is 0.444 e. The Kier molecular flexibility index (Phi) is 4.51. The molecule has 17 heavy (non-hydrogen) atoms. The second-order valence-electron chi connectivity index (χ2n) is 5.53. The van der Waals surface area contributed by atoms with Gasteiger partial charge in [-0.25, -0.2) is 4.79 Å². The van der Waals surface area contributed by atoms with Gasteiger partial charge >= 0.3 is 6.09 Å². The van der Waals surface area contributed by atoms with Crippen LogP contribution in [0.2, 0.25) is 0 Å². The topological polar surface area (TPSA) is 72.6 Å². The minimum atomic E-state index is -0.470. The fourth-order valence-electron chi connectivity index (χ4n) is 1.90. The lowest BCUT2D eigenvalue weighted by Gasteiger charge is -2.24. The van der Waals surface area contributed by atoms with Gasteiger partial charge in [-0.3, -0.25) is 4.79 Å². The van der Waals surface area contributed by atoms with E-state index in [0.29, 0.717) is 19.5 Å². The Morgan fingerprint density at radius 1 is 1.41 bits per heavy atom. The van der Waals surface area contributed by atoms with Gasteiger partial charge in [0.1, 0.15) is 11.4 Å². The number of ketones is 1. The molecule has 0 spiro atoms. The molecule has 0 radical (unpaired) electrons. The predicted octanol–water partition coefficient (Wildman–Crippen LogP) is 1.16. The van der Waals surface area contributed by atoms with Crippen molar-refractivity contribution in [2.75, 3.05) is 19.6 Å². The van der Waals surface area contributed by atoms with Gasteiger partial charge in [0.2, 0.25) is 0 Å². The normalized spacial score (nSPS) is 20.5. The van der Waals surface area contributed by atoms with Crippen LogP contribution in [0.25, 0.3) is 0 Å². The second-order valence-corrected chi connectivity index (χ2v) is 5.53. The minimum Gasteiger partial charge on any atom is -0.444 e. The van der Waals surface area contributed by atoms with Crippen molar-refractivity contribution in [2.24, 2.45) is 11.7 Å². The zero-order valence-corrected chi connectivity index (χ0v) is 10.9. The maximum atomic E-state index is 11.8. The number of nitrogens with two attached hydrogens (primary N) is 1. The summed E-state index contributed by atoms with van der Waals surface area (Å²) >= 11 is 0. The molecule has 1 saturated heterocycles. The molecular weight excluding hydrogens is 220 g/mol. The summed E-state index contributed by atoms with van der Waals surface area (Å²) in [6.07, 6.45) is 1.03. The lowest BCUT2D eigenvalue weighted by Crippen LogP contribution is -2.35. The Balaban J connectivity index is 2.39. The number of rotatable bonds is 3. The monoisotopic (exact) mass is 242 g/mol. The third-order valence-electron chi connectivity index (χ3n) is 2.68. The maximum Gasteiger partial charge on any atom is 0.410 e. The smallest absolute Gasteiger partial charge is 0.410 e. The van der Waals surface area contributed by atoms with Gasteiger partial charge in [-0.15, -0.1) is 0 Å². The number of ether oxygens (including phenoxy) is 1. The first-order valence-corrected chi connectivity index (χ1v) is 6.01. The summed E-state index contributed by atoms with van der Waals surface area (Å²) in [6.45, 7) is 6.88. The Hall–Kier alpha value is -1.10. The second kappa shape index (κ2) is 5.49. The van der Waals surface area contributed by atoms with Gasteiger partial charge in [0, 0.05) is 19.5 Å². The molecule has 5 nitrogen and oxygen atoms in total. The highest BCUT2D eigenvalue weighted by Crippen LogP contribution is 2.21. The van der Waals surface area contributed by atoms with Gasteiger partial charge < -0.3 is 15.4 Å². The summed E-state index contributed by atoms with van der Waals surface area (Å²) in [5, 5.41) is 0. The van der Waals surface area contributed by atoms with Crippen LogP contribution in [0.4, 0.5) is 4.79 Å². The summed E-state index contributed by atoms with van der Waals surface area (Å²) in [4.78, 5) is 24.6. The average Bonchev–Trinajstić information content (AvgIpc) is 2.63. The van der Waals surface area contributed by atoms with Gasteiger partial charge in [0.15, 0.2) is 0 Å². The first-order chi connectivity index (χ1) is 7.81. The SMILES string of the molecule is CC(C)(C)OC(=O)N1CC[C@@H](CC(=O)CN)C1. The average molecular weight is 242 g/mol. The molecule has 1 amide bonds. The Morgan fingerprint density at radius 2 is 2.06 bits per heavy atom.